The van der Waals surface area contributed by atoms with Crippen molar-refractivity contribution in [3.05, 3.63) is 108 Å². The van der Waals surface area contributed by atoms with E-state index in [4.69, 9.17) is 12.2 Å². The zero-order valence-electron chi connectivity index (χ0n) is 19.5. The Labute approximate surface area is 217 Å². The maximum atomic E-state index is 12.9. The molecule has 3 heterocycles. The molecule has 2 aromatic carbocycles. The van der Waals surface area contributed by atoms with Crippen LogP contribution in [0, 0.1) is 0 Å². The van der Waals surface area contributed by atoms with Crippen molar-refractivity contribution < 1.29 is 14.4 Å². The summed E-state index contributed by atoms with van der Waals surface area (Å²) in [5.41, 5.74) is 7.24. The third kappa shape index (κ3) is 5.14. The van der Waals surface area contributed by atoms with Crippen LogP contribution in [0.4, 0.5) is 0 Å². The minimum absolute atomic E-state index is 0.0787. The van der Waals surface area contributed by atoms with E-state index in [1.807, 2.05) is 42.5 Å². The van der Waals surface area contributed by atoms with Crippen molar-refractivity contribution in [3.8, 4) is 0 Å². The quantitative estimate of drug-likeness (QED) is 0.206. The van der Waals surface area contributed by atoms with Gasteiger partial charge in [0, 0.05) is 30.5 Å². The fourth-order valence-electron chi connectivity index (χ4n) is 4.28. The van der Waals surface area contributed by atoms with E-state index in [1.165, 1.54) is 4.90 Å². The highest BCUT2D eigenvalue weighted by Crippen LogP contribution is 2.23. The molecule has 5 rings (SSSR count). The van der Waals surface area contributed by atoms with Gasteiger partial charge < -0.3 is 5.32 Å². The van der Waals surface area contributed by atoms with Gasteiger partial charge in [0.1, 0.15) is 5.69 Å². The van der Waals surface area contributed by atoms with Gasteiger partial charge in [-0.25, -0.2) is 0 Å². The third-order valence-corrected chi connectivity index (χ3v) is 6.25. The van der Waals surface area contributed by atoms with Gasteiger partial charge in [0.25, 0.3) is 17.7 Å². The van der Waals surface area contributed by atoms with Crippen molar-refractivity contribution >= 4 is 45.8 Å². The molecule has 1 aliphatic rings. The van der Waals surface area contributed by atoms with Crippen LogP contribution in [-0.4, -0.2) is 50.3 Å². The number of aromatic nitrogens is 2. The minimum atomic E-state index is -0.452. The lowest BCUT2D eigenvalue weighted by Crippen LogP contribution is -2.53. The molecule has 2 aromatic heterocycles. The maximum absolute atomic E-state index is 12.9. The normalized spacial score (nSPS) is 13.2. The first kappa shape index (κ1) is 24.0. The highest BCUT2D eigenvalue weighted by atomic mass is 32.1. The van der Waals surface area contributed by atoms with Gasteiger partial charge in [0.2, 0.25) is 0 Å². The molecule has 0 saturated heterocycles. The van der Waals surface area contributed by atoms with Crippen molar-refractivity contribution in [3.63, 3.8) is 0 Å². The Morgan fingerprint density at radius 3 is 2.27 bits per heavy atom. The Balaban J connectivity index is 1.28. The molecule has 3 amide bonds. The number of pyridine rings is 2. The van der Waals surface area contributed by atoms with Gasteiger partial charge >= 0.3 is 0 Å². The lowest BCUT2D eigenvalue weighted by Gasteiger charge is -2.25. The van der Waals surface area contributed by atoms with Gasteiger partial charge in [-0.05, 0) is 59.9 Å². The zero-order chi connectivity index (χ0) is 25.8. The van der Waals surface area contributed by atoms with E-state index in [0.29, 0.717) is 22.9 Å². The molecule has 10 heteroatoms. The number of hydrogen-bond acceptors (Lipinski definition) is 6. The van der Waals surface area contributed by atoms with E-state index in [2.05, 4.69) is 26.1 Å². The van der Waals surface area contributed by atoms with E-state index < -0.39 is 11.9 Å². The molecule has 3 N–H and O–H groups in total. The summed E-state index contributed by atoms with van der Waals surface area (Å²) >= 11 is 5.42. The van der Waals surface area contributed by atoms with E-state index in [0.717, 1.165) is 10.9 Å². The van der Waals surface area contributed by atoms with Crippen LogP contribution in [0.3, 0.4) is 0 Å². The van der Waals surface area contributed by atoms with Crippen LogP contribution in [0.1, 0.15) is 36.8 Å². The number of carbonyl (C=O) groups is 3. The van der Waals surface area contributed by atoms with Crippen LogP contribution < -0.4 is 16.2 Å². The van der Waals surface area contributed by atoms with E-state index >= 15 is 0 Å². The monoisotopic (exact) mass is 510 g/mol. The average Bonchev–Trinajstić information content (AvgIpc) is 3.17. The standard InChI is InChI=1S/C27H22N6O3S/c34-24(23-20-6-2-1-5-18(20)11-14-29-23)31-32-27(37)30-19(15-17-9-12-28-13-10-17)16-33-25(35)21-7-3-4-8-22(21)26(33)36/h1-14,19H,15-16H2,(H,31,34)(H2,30,32,37)/t19-/m0/s1. The Bertz CT molecular complexity index is 1470. The number of rotatable bonds is 6. The lowest BCUT2D eigenvalue weighted by atomic mass is 10.1. The molecule has 184 valence electrons. The van der Waals surface area contributed by atoms with Crippen molar-refractivity contribution in [1.29, 1.82) is 0 Å². The smallest absolute Gasteiger partial charge is 0.288 e. The summed E-state index contributed by atoms with van der Waals surface area (Å²) in [4.78, 5) is 48.1. The summed E-state index contributed by atoms with van der Waals surface area (Å²) < 4.78 is 0. The maximum Gasteiger partial charge on any atom is 0.288 e. The average molecular weight is 511 g/mol. The molecule has 0 aliphatic carbocycles. The Morgan fingerprint density at radius 1 is 0.865 bits per heavy atom. The van der Waals surface area contributed by atoms with Crippen LogP contribution in [0.5, 0.6) is 0 Å². The van der Waals surface area contributed by atoms with Gasteiger partial charge in [-0.3, -0.25) is 40.1 Å². The number of hydrogen-bond donors (Lipinski definition) is 3. The van der Waals surface area contributed by atoms with E-state index in [9.17, 15) is 14.4 Å². The van der Waals surface area contributed by atoms with Crippen LogP contribution in [0.25, 0.3) is 10.8 Å². The highest BCUT2D eigenvalue weighted by molar-refractivity contribution is 7.80. The number of amides is 3. The molecule has 4 aromatic rings. The second kappa shape index (κ2) is 10.5. The largest absolute Gasteiger partial charge is 0.356 e. The van der Waals surface area contributed by atoms with Gasteiger partial charge in [-0.1, -0.05) is 36.4 Å². The second-order valence-corrected chi connectivity index (χ2v) is 8.86. The summed E-state index contributed by atoms with van der Waals surface area (Å²) in [5.74, 6) is -1.15. The Hall–Kier alpha value is -4.70. The summed E-state index contributed by atoms with van der Waals surface area (Å²) in [6.07, 6.45) is 5.36. The van der Waals surface area contributed by atoms with Crippen molar-refractivity contribution in [1.82, 2.24) is 31.0 Å². The van der Waals surface area contributed by atoms with Gasteiger partial charge in [-0.15, -0.1) is 0 Å². The van der Waals surface area contributed by atoms with Crippen LogP contribution >= 0.6 is 12.2 Å². The first-order valence-corrected chi connectivity index (χ1v) is 12.0. The molecule has 37 heavy (non-hydrogen) atoms. The fourth-order valence-corrected chi connectivity index (χ4v) is 4.50. The predicted molar refractivity (Wildman–Crippen MR) is 142 cm³/mol. The molecule has 0 saturated carbocycles. The molecule has 0 spiro atoms. The van der Waals surface area contributed by atoms with Gasteiger partial charge in [0.05, 0.1) is 17.2 Å². The molecule has 9 nitrogen and oxygen atoms in total. The van der Waals surface area contributed by atoms with Crippen LogP contribution in [0.2, 0.25) is 0 Å². The topological polar surface area (TPSA) is 116 Å². The number of nitrogens with zero attached hydrogens (tertiary/aromatic N) is 3. The summed E-state index contributed by atoms with van der Waals surface area (Å²) in [5, 5.41) is 4.85. The molecule has 1 atom stereocenters. The van der Waals surface area contributed by atoms with Gasteiger partial charge in [-0.2, -0.15) is 0 Å². The van der Waals surface area contributed by atoms with Gasteiger partial charge in [0.15, 0.2) is 5.11 Å². The van der Waals surface area contributed by atoms with Crippen molar-refractivity contribution in [2.24, 2.45) is 0 Å². The minimum Gasteiger partial charge on any atom is -0.356 e. The Morgan fingerprint density at radius 2 is 1.54 bits per heavy atom. The number of hydrazine groups is 1. The highest BCUT2D eigenvalue weighted by Gasteiger charge is 2.36. The summed E-state index contributed by atoms with van der Waals surface area (Å²) in [6, 6.07) is 19.3. The third-order valence-electron chi connectivity index (χ3n) is 6.03. The zero-order valence-corrected chi connectivity index (χ0v) is 20.4. The number of imide groups is 1. The number of thiocarbonyl (C=S) groups is 1. The summed E-state index contributed by atoms with van der Waals surface area (Å²) in [6.45, 7) is 0.0787. The molecule has 0 radical (unpaired) electrons. The van der Waals surface area contributed by atoms with Crippen LogP contribution in [-0.2, 0) is 6.42 Å². The fraction of sp³-hybridized carbons (Fsp3) is 0.111. The lowest BCUT2D eigenvalue weighted by molar-refractivity contribution is 0.0641. The summed E-state index contributed by atoms with van der Waals surface area (Å²) in [7, 11) is 0. The number of benzene rings is 2. The predicted octanol–water partition coefficient (Wildman–Crippen LogP) is 2.65. The Kier molecular flexibility index (Phi) is 6.82. The number of carbonyl (C=O) groups excluding carboxylic acids is 3. The van der Waals surface area contributed by atoms with Crippen LogP contribution in [0.15, 0.2) is 85.3 Å². The molecule has 0 bridgehead atoms. The SMILES string of the molecule is O=C(NNC(=S)N[C@@H](Cc1ccncc1)CN1C(=O)c2ccccc2C1=O)c1nccc2ccccc12. The molecule has 0 fully saturated rings. The second-order valence-electron chi connectivity index (χ2n) is 8.46. The molecule has 0 unspecified atom stereocenters. The molecular formula is C27H22N6O3S. The van der Waals surface area contributed by atoms with Crippen molar-refractivity contribution in [2.75, 3.05) is 6.54 Å². The number of nitrogens with one attached hydrogen (secondary N) is 3. The first-order valence-electron chi connectivity index (χ1n) is 11.6. The first-order chi connectivity index (χ1) is 18.0. The number of fused-ring (bicyclic) bond motifs is 2. The van der Waals surface area contributed by atoms with E-state index in [1.54, 1.807) is 42.9 Å². The van der Waals surface area contributed by atoms with E-state index in [-0.39, 0.29) is 29.2 Å². The molecular weight excluding hydrogens is 488 g/mol. The molecule has 1 aliphatic heterocycles. The van der Waals surface area contributed by atoms with Crippen molar-refractivity contribution in [2.45, 2.75) is 12.5 Å².